The van der Waals surface area contributed by atoms with Gasteiger partial charge in [0.1, 0.15) is 6.26 Å². The smallest absolute Gasteiger partial charge is 0.277 e. The second-order valence-electron chi connectivity index (χ2n) is 11.4. The van der Waals surface area contributed by atoms with Crippen molar-refractivity contribution in [1.82, 2.24) is 20.6 Å². The molecule has 45 heavy (non-hydrogen) atoms. The van der Waals surface area contributed by atoms with E-state index in [2.05, 4.69) is 60.8 Å². The molecule has 11 nitrogen and oxygen atoms in total. The van der Waals surface area contributed by atoms with Gasteiger partial charge in [-0.15, -0.1) is 0 Å². The van der Waals surface area contributed by atoms with E-state index in [1.165, 1.54) is 17.5 Å². The lowest BCUT2D eigenvalue weighted by atomic mass is 10.1. The highest BCUT2D eigenvalue weighted by Crippen LogP contribution is 2.39. The number of aromatic nitrogens is 2. The lowest BCUT2D eigenvalue weighted by molar-refractivity contribution is 0.0949. The molecule has 2 fully saturated rings. The molecule has 0 unspecified atom stereocenters. The molecule has 6 rings (SSSR count). The Bertz CT molecular complexity index is 1660. The lowest BCUT2D eigenvalue weighted by Crippen LogP contribution is -2.47. The van der Waals surface area contributed by atoms with E-state index < -0.39 is 0 Å². The molecule has 4 aromatic rings. The van der Waals surface area contributed by atoms with Crippen LogP contribution in [-0.2, 0) is 0 Å². The van der Waals surface area contributed by atoms with E-state index in [9.17, 15) is 14.4 Å². The Morgan fingerprint density at radius 1 is 0.822 bits per heavy atom. The van der Waals surface area contributed by atoms with Gasteiger partial charge < -0.3 is 30.2 Å². The van der Waals surface area contributed by atoms with Gasteiger partial charge in [0.2, 0.25) is 0 Å². The van der Waals surface area contributed by atoms with Crippen molar-refractivity contribution in [2.45, 2.75) is 32.1 Å². The number of anilines is 3. The zero-order valence-corrected chi connectivity index (χ0v) is 25.3. The Labute approximate surface area is 262 Å². The van der Waals surface area contributed by atoms with Gasteiger partial charge in [0, 0.05) is 74.4 Å². The van der Waals surface area contributed by atoms with Crippen molar-refractivity contribution < 1.29 is 18.8 Å². The van der Waals surface area contributed by atoms with E-state index in [1.54, 1.807) is 36.7 Å². The first-order chi connectivity index (χ1) is 22.0. The Hall–Kier alpha value is -5.19. The Balaban J connectivity index is 1.11. The van der Waals surface area contributed by atoms with Crippen LogP contribution in [0, 0.1) is 6.92 Å². The van der Waals surface area contributed by atoms with Gasteiger partial charge in [0.15, 0.2) is 11.6 Å². The van der Waals surface area contributed by atoms with Gasteiger partial charge in [0.05, 0.1) is 11.4 Å². The summed E-state index contributed by atoms with van der Waals surface area (Å²) in [4.78, 5) is 51.5. The van der Waals surface area contributed by atoms with Gasteiger partial charge in [-0.2, -0.15) is 0 Å². The molecule has 2 aromatic heterocycles. The first-order valence-corrected chi connectivity index (χ1v) is 15.4. The average Bonchev–Trinajstić information content (AvgIpc) is 3.80. The van der Waals surface area contributed by atoms with E-state index in [0.29, 0.717) is 48.1 Å². The second-order valence-corrected chi connectivity index (χ2v) is 11.4. The van der Waals surface area contributed by atoms with Crippen molar-refractivity contribution in [1.29, 1.82) is 0 Å². The molecule has 3 amide bonds. The number of piperazine rings is 1. The summed E-state index contributed by atoms with van der Waals surface area (Å²) in [5.41, 5.74) is 5.03. The summed E-state index contributed by atoms with van der Waals surface area (Å²) in [7, 11) is 0. The normalized spacial score (nSPS) is 14.6. The van der Waals surface area contributed by atoms with Crippen molar-refractivity contribution in [2.24, 2.45) is 0 Å². The number of oxazole rings is 1. The van der Waals surface area contributed by atoms with Gasteiger partial charge in [0.25, 0.3) is 17.7 Å². The number of benzene rings is 2. The van der Waals surface area contributed by atoms with Crippen LogP contribution in [0.2, 0.25) is 0 Å². The number of nitrogens with zero attached hydrogens (tertiary/aromatic N) is 4. The average molecular weight is 608 g/mol. The minimum Gasteiger partial charge on any atom is -0.448 e. The molecule has 11 heteroatoms. The maximum Gasteiger partial charge on any atom is 0.277 e. The molecule has 3 heterocycles. The van der Waals surface area contributed by atoms with Crippen LogP contribution in [0.25, 0.3) is 0 Å². The number of pyridine rings is 1. The van der Waals surface area contributed by atoms with Gasteiger partial charge in [-0.3, -0.25) is 19.4 Å². The highest BCUT2D eigenvalue weighted by molar-refractivity contribution is 6.06. The van der Waals surface area contributed by atoms with Crippen LogP contribution in [0.4, 0.5) is 17.1 Å². The maximum absolute atomic E-state index is 13.3. The molecule has 1 saturated heterocycles. The van der Waals surface area contributed by atoms with Crippen molar-refractivity contribution in [2.75, 3.05) is 54.4 Å². The first-order valence-electron chi connectivity index (χ1n) is 15.4. The molecular formula is C34H37N7O4. The van der Waals surface area contributed by atoms with Crippen molar-refractivity contribution >= 4 is 34.8 Å². The number of nitrogens with one attached hydrogen (secondary N) is 3. The standard InChI is InChI=1S/C34H37N7O4/c1-23-5-2-3-6-29(23)40-17-19-41(20-18-40)30-10-9-26(21-27(30)38-33(44)28-22-45-34(39-28)25-7-8-25)32(43)37-14-4-13-36-31(42)24-11-15-35-16-12-24/h2-3,5-6,9-12,15-16,21-22,25H,4,7-8,13-14,17-20H2,1H3,(H,36,42)(H,37,43)(H,38,44). The fourth-order valence-corrected chi connectivity index (χ4v) is 5.46. The number of aryl methyl sites for hydroxylation is 1. The molecule has 0 radical (unpaired) electrons. The van der Waals surface area contributed by atoms with Crippen LogP contribution in [0.1, 0.15) is 67.8 Å². The predicted octanol–water partition coefficient (Wildman–Crippen LogP) is 4.38. The van der Waals surface area contributed by atoms with Crippen LogP contribution < -0.4 is 25.8 Å². The zero-order valence-electron chi connectivity index (χ0n) is 25.3. The molecule has 1 aliphatic carbocycles. The third kappa shape index (κ3) is 7.31. The van der Waals surface area contributed by atoms with Crippen molar-refractivity contribution in [3.8, 4) is 0 Å². The van der Waals surface area contributed by atoms with E-state index in [4.69, 9.17) is 4.42 Å². The first kappa shape index (κ1) is 29.9. The predicted molar refractivity (Wildman–Crippen MR) is 172 cm³/mol. The molecule has 1 saturated carbocycles. The van der Waals surface area contributed by atoms with E-state index in [0.717, 1.165) is 44.7 Å². The number of para-hydroxylation sites is 1. The lowest BCUT2D eigenvalue weighted by Gasteiger charge is -2.38. The highest BCUT2D eigenvalue weighted by atomic mass is 16.3. The van der Waals surface area contributed by atoms with Crippen LogP contribution in [0.5, 0.6) is 0 Å². The number of carbonyl (C=O) groups is 3. The van der Waals surface area contributed by atoms with Crippen LogP contribution in [-0.4, -0.2) is 67.0 Å². The van der Waals surface area contributed by atoms with Crippen LogP contribution >= 0.6 is 0 Å². The van der Waals surface area contributed by atoms with E-state index >= 15 is 0 Å². The quantitative estimate of drug-likeness (QED) is 0.214. The fraction of sp³-hybridized carbons (Fsp3) is 0.324. The van der Waals surface area contributed by atoms with E-state index in [-0.39, 0.29) is 23.4 Å². The molecule has 1 aliphatic heterocycles. The van der Waals surface area contributed by atoms with Gasteiger partial charge in [-0.1, -0.05) is 18.2 Å². The van der Waals surface area contributed by atoms with Gasteiger partial charge in [-0.25, -0.2) is 4.98 Å². The third-order valence-corrected chi connectivity index (χ3v) is 8.13. The summed E-state index contributed by atoms with van der Waals surface area (Å²) in [5, 5.41) is 8.76. The Kier molecular flexibility index (Phi) is 9.04. The third-order valence-electron chi connectivity index (χ3n) is 8.13. The summed E-state index contributed by atoms with van der Waals surface area (Å²) in [6, 6.07) is 17.1. The summed E-state index contributed by atoms with van der Waals surface area (Å²) < 4.78 is 5.54. The summed E-state index contributed by atoms with van der Waals surface area (Å²) >= 11 is 0. The number of hydrogen-bond acceptors (Lipinski definition) is 8. The number of hydrogen-bond donors (Lipinski definition) is 3. The molecule has 0 spiro atoms. The zero-order chi connectivity index (χ0) is 31.2. The largest absolute Gasteiger partial charge is 0.448 e. The number of carbonyl (C=O) groups excluding carboxylic acids is 3. The topological polar surface area (TPSA) is 133 Å². The molecular weight excluding hydrogens is 570 g/mol. The summed E-state index contributed by atoms with van der Waals surface area (Å²) in [5.74, 6) is 0.0588. The van der Waals surface area contributed by atoms with Crippen molar-refractivity contribution in [3.63, 3.8) is 0 Å². The minimum atomic E-state index is -0.382. The second kappa shape index (κ2) is 13.6. The molecule has 0 bridgehead atoms. The Morgan fingerprint density at radius 2 is 1.49 bits per heavy atom. The van der Waals surface area contributed by atoms with Crippen LogP contribution in [0.15, 0.2) is 77.7 Å². The van der Waals surface area contributed by atoms with E-state index in [1.807, 2.05) is 12.1 Å². The summed E-state index contributed by atoms with van der Waals surface area (Å²) in [6.45, 7) is 6.07. The Morgan fingerprint density at radius 3 is 2.18 bits per heavy atom. The maximum atomic E-state index is 13.3. The molecule has 2 aliphatic rings. The molecule has 3 N–H and O–H groups in total. The summed E-state index contributed by atoms with van der Waals surface area (Å²) in [6.07, 6.45) is 7.14. The van der Waals surface area contributed by atoms with Gasteiger partial charge in [-0.05, 0) is 68.1 Å². The van der Waals surface area contributed by atoms with Crippen molar-refractivity contribution in [3.05, 3.63) is 102 Å². The monoisotopic (exact) mass is 607 g/mol. The fourth-order valence-electron chi connectivity index (χ4n) is 5.46. The highest BCUT2D eigenvalue weighted by Gasteiger charge is 2.30. The minimum absolute atomic E-state index is 0.184. The van der Waals surface area contributed by atoms with Gasteiger partial charge >= 0.3 is 0 Å². The SMILES string of the molecule is Cc1ccccc1N1CCN(c2ccc(C(=O)NCCCNC(=O)c3ccncc3)cc2NC(=O)c2coc(C3CC3)n2)CC1. The van der Waals surface area contributed by atoms with Crippen LogP contribution in [0.3, 0.4) is 0 Å². The number of amides is 3. The molecule has 0 atom stereocenters. The molecule has 232 valence electrons. The number of rotatable bonds is 11. The molecule has 2 aromatic carbocycles.